The second kappa shape index (κ2) is 7.90. The van der Waals surface area contributed by atoms with Crippen LogP contribution < -0.4 is 10.1 Å². The van der Waals surface area contributed by atoms with Gasteiger partial charge >= 0.3 is 0 Å². The van der Waals surface area contributed by atoms with Crippen molar-refractivity contribution in [3.63, 3.8) is 0 Å². The van der Waals surface area contributed by atoms with Crippen molar-refractivity contribution in [2.45, 2.75) is 25.3 Å². The maximum Gasteiger partial charge on any atom is 0.258 e. The quantitative estimate of drug-likeness (QED) is 0.826. The first kappa shape index (κ1) is 16.4. The van der Waals surface area contributed by atoms with E-state index in [1.54, 1.807) is 11.8 Å². The van der Waals surface area contributed by atoms with Crippen molar-refractivity contribution in [2.75, 3.05) is 12.9 Å². The van der Waals surface area contributed by atoms with E-state index in [0.717, 1.165) is 16.9 Å². The summed E-state index contributed by atoms with van der Waals surface area (Å²) in [5, 5.41) is 2.86. The van der Waals surface area contributed by atoms with Gasteiger partial charge in [0.2, 0.25) is 0 Å². The van der Waals surface area contributed by atoms with Crippen LogP contribution in [0.2, 0.25) is 0 Å². The van der Waals surface area contributed by atoms with Crippen LogP contribution in [0.5, 0.6) is 5.75 Å². The summed E-state index contributed by atoms with van der Waals surface area (Å²) < 4.78 is 5.51. The molecule has 0 aliphatic heterocycles. The summed E-state index contributed by atoms with van der Waals surface area (Å²) in [6, 6.07) is 14.0. The molecule has 0 heterocycles. The summed E-state index contributed by atoms with van der Waals surface area (Å²) in [5.41, 5.74) is 3.45. The molecule has 0 aromatic heterocycles. The molecule has 2 aromatic carbocycles. The van der Waals surface area contributed by atoms with Gasteiger partial charge in [0.25, 0.3) is 5.91 Å². The maximum absolute atomic E-state index is 11.8. The van der Waals surface area contributed by atoms with Crippen molar-refractivity contribution in [1.29, 1.82) is 0 Å². The minimum Gasteiger partial charge on any atom is -0.484 e. The zero-order chi connectivity index (χ0) is 15.9. The van der Waals surface area contributed by atoms with Crippen LogP contribution in [0, 0.1) is 13.8 Å². The molecule has 0 fully saturated rings. The Kier molecular flexibility index (Phi) is 5.90. The summed E-state index contributed by atoms with van der Waals surface area (Å²) >= 11 is 1.70. The first-order valence-corrected chi connectivity index (χ1v) is 8.40. The van der Waals surface area contributed by atoms with Gasteiger partial charge in [0.05, 0.1) is 0 Å². The number of amides is 1. The smallest absolute Gasteiger partial charge is 0.258 e. The van der Waals surface area contributed by atoms with Crippen LogP contribution in [-0.2, 0) is 11.3 Å². The third kappa shape index (κ3) is 4.81. The molecule has 0 aliphatic rings. The Morgan fingerprint density at radius 2 is 1.82 bits per heavy atom. The van der Waals surface area contributed by atoms with Gasteiger partial charge in [-0.1, -0.05) is 18.2 Å². The van der Waals surface area contributed by atoms with Crippen LogP contribution in [0.3, 0.4) is 0 Å². The number of carbonyl (C=O) groups is 1. The maximum atomic E-state index is 11.8. The molecule has 0 radical (unpaired) electrons. The van der Waals surface area contributed by atoms with Crippen LogP contribution in [0.1, 0.15) is 16.7 Å². The molecule has 2 aromatic rings. The number of hydrogen-bond acceptors (Lipinski definition) is 3. The van der Waals surface area contributed by atoms with E-state index >= 15 is 0 Å². The molecule has 2 rings (SSSR count). The third-order valence-corrected chi connectivity index (χ3v) is 4.24. The van der Waals surface area contributed by atoms with Crippen molar-refractivity contribution in [3.05, 3.63) is 59.2 Å². The normalized spacial score (nSPS) is 10.3. The van der Waals surface area contributed by atoms with Gasteiger partial charge in [-0.25, -0.2) is 0 Å². The summed E-state index contributed by atoms with van der Waals surface area (Å²) in [6.07, 6.45) is 2.04. The van der Waals surface area contributed by atoms with Crippen molar-refractivity contribution in [3.8, 4) is 5.75 Å². The SMILES string of the molecule is CSc1ccc(CNC(=O)COc2ccc(C)c(C)c2)cc1. The fraction of sp³-hybridized carbons (Fsp3) is 0.278. The van der Waals surface area contributed by atoms with E-state index in [1.165, 1.54) is 10.5 Å². The average molecular weight is 315 g/mol. The lowest BCUT2D eigenvalue weighted by atomic mass is 10.1. The van der Waals surface area contributed by atoms with E-state index in [-0.39, 0.29) is 12.5 Å². The second-order valence-corrected chi connectivity index (χ2v) is 6.04. The van der Waals surface area contributed by atoms with E-state index in [9.17, 15) is 4.79 Å². The molecule has 0 saturated heterocycles. The molecule has 0 aliphatic carbocycles. The number of carbonyl (C=O) groups excluding carboxylic acids is 1. The largest absolute Gasteiger partial charge is 0.484 e. The summed E-state index contributed by atoms with van der Waals surface area (Å²) in [6.45, 7) is 4.63. The minimum atomic E-state index is -0.118. The molecule has 3 nitrogen and oxygen atoms in total. The van der Waals surface area contributed by atoms with E-state index in [4.69, 9.17) is 4.74 Å². The Labute approximate surface area is 136 Å². The van der Waals surface area contributed by atoms with Crippen LogP contribution >= 0.6 is 11.8 Å². The molecule has 0 bridgehead atoms. The van der Waals surface area contributed by atoms with Crippen molar-refractivity contribution in [1.82, 2.24) is 5.32 Å². The lowest BCUT2D eigenvalue weighted by molar-refractivity contribution is -0.123. The van der Waals surface area contributed by atoms with Crippen LogP contribution in [0.15, 0.2) is 47.4 Å². The lowest BCUT2D eigenvalue weighted by Gasteiger charge is -2.09. The Balaban J connectivity index is 1.78. The number of aryl methyl sites for hydroxylation is 2. The average Bonchev–Trinajstić information content (AvgIpc) is 2.54. The highest BCUT2D eigenvalue weighted by molar-refractivity contribution is 7.98. The van der Waals surface area contributed by atoms with Crippen LogP contribution in [0.4, 0.5) is 0 Å². The zero-order valence-electron chi connectivity index (χ0n) is 13.2. The van der Waals surface area contributed by atoms with Crippen LogP contribution in [0.25, 0.3) is 0 Å². The molecule has 0 saturated carbocycles. The number of hydrogen-bond donors (Lipinski definition) is 1. The van der Waals surface area contributed by atoms with E-state index in [1.807, 2.05) is 50.4 Å². The highest BCUT2D eigenvalue weighted by atomic mass is 32.2. The van der Waals surface area contributed by atoms with Gasteiger partial charge in [-0.3, -0.25) is 4.79 Å². The highest BCUT2D eigenvalue weighted by Gasteiger charge is 2.04. The summed E-state index contributed by atoms with van der Waals surface area (Å²) in [5.74, 6) is 0.606. The predicted octanol–water partition coefficient (Wildman–Crippen LogP) is 3.72. The number of benzene rings is 2. The van der Waals surface area contributed by atoms with E-state index in [2.05, 4.69) is 17.4 Å². The topological polar surface area (TPSA) is 38.3 Å². The zero-order valence-corrected chi connectivity index (χ0v) is 14.0. The molecule has 1 amide bonds. The Morgan fingerprint density at radius 1 is 1.09 bits per heavy atom. The van der Waals surface area contributed by atoms with Gasteiger partial charge in [-0.05, 0) is 61.1 Å². The molecule has 0 atom stereocenters. The first-order chi connectivity index (χ1) is 10.6. The Hall–Kier alpha value is -1.94. The molecule has 1 N–H and O–H groups in total. The minimum absolute atomic E-state index is 0.0331. The predicted molar refractivity (Wildman–Crippen MR) is 91.5 cm³/mol. The fourth-order valence-corrected chi connectivity index (χ4v) is 2.36. The molecule has 0 unspecified atom stereocenters. The lowest BCUT2D eigenvalue weighted by Crippen LogP contribution is -2.28. The van der Waals surface area contributed by atoms with Gasteiger partial charge in [-0.15, -0.1) is 11.8 Å². The summed E-state index contributed by atoms with van der Waals surface area (Å²) in [7, 11) is 0. The van der Waals surface area contributed by atoms with E-state index in [0.29, 0.717) is 6.54 Å². The Morgan fingerprint density at radius 3 is 2.45 bits per heavy atom. The molecule has 116 valence electrons. The van der Waals surface area contributed by atoms with Gasteiger partial charge < -0.3 is 10.1 Å². The van der Waals surface area contributed by atoms with Crippen molar-refractivity contribution < 1.29 is 9.53 Å². The molecule has 22 heavy (non-hydrogen) atoms. The summed E-state index contributed by atoms with van der Waals surface area (Å²) in [4.78, 5) is 13.0. The number of thioether (sulfide) groups is 1. The van der Waals surface area contributed by atoms with Gasteiger partial charge in [0.1, 0.15) is 5.75 Å². The first-order valence-electron chi connectivity index (χ1n) is 7.18. The van der Waals surface area contributed by atoms with Crippen LogP contribution in [-0.4, -0.2) is 18.8 Å². The number of rotatable bonds is 6. The monoisotopic (exact) mass is 315 g/mol. The van der Waals surface area contributed by atoms with Gasteiger partial charge in [0, 0.05) is 11.4 Å². The standard InChI is InChI=1S/C18H21NO2S/c1-13-4-7-16(10-14(13)2)21-12-18(20)19-11-15-5-8-17(22-3)9-6-15/h4-10H,11-12H2,1-3H3,(H,19,20). The third-order valence-electron chi connectivity index (χ3n) is 3.50. The Bertz CT molecular complexity index is 638. The number of ether oxygens (including phenoxy) is 1. The number of nitrogens with one attached hydrogen (secondary N) is 1. The van der Waals surface area contributed by atoms with Gasteiger partial charge in [-0.2, -0.15) is 0 Å². The van der Waals surface area contributed by atoms with E-state index < -0.39 is 0 Å². The molecule has 0 spiro atoms. The molecular formula is C18H21NO2S. The fourth-order valence-electron chi connectivity index (χ4n) is 1.95. The highest BCUT2D eigenvalue weighted by Crippen LogP contribution is 2.16. The second-order valence-electron chi connectivity index (χ2n) is 5.16. The molecular weight excluding hydrogens is 294 g/mol. The molecule has 4 heteroatoms. The van der Waals surface area contributed by atoms with Crippen molar-refractivity contribution in [2.24, 2.45) is 0 Å². The van der Waals surface area contributed by atoms with Gasteiger partial charge in [0.15, 0.2) is 6.61 Å². The van der Waals surface area contributed by atoms with Crippen molar-refractivity contribution >= 4 is 17.7 Å².